The van der Waals surface area contributed by atoms with Crippen LogP contribution in [0.3, 0.4) is 0 Å². The van der Waals surface area contributed by atoms with Crippen molar-refractivity contribution in [3.63, 3.8) is 0 Å². The summed E-state index contributed by atoms with van der Waals surface area (Å²) < 4.78 is 5.33. The van der Waals surface area contributed by atoms with Gasteiger partial charge in [0.05, 0.1) is 11.6 Å². The lowest BCUT2D eigenvalue weighted by Gasteiger charge is -2.09. The largest absolute Gasteiger partial charge is 0.385 e. The second kappa shape index (κ2) is 7.93. The fraction of sp³-hybridized carbons (Fsp3) is 0.136. The molecule has 0 fully saturated rings. The van der Waals surface area contributed by atoms with Gasteiger partial charge in [0.15, 0.2) is 0 Å². The van der Waals surface area contributed by atoms with E-state index in [9.17, 15) is 0 Å². The van der Waals surface area contributed by atoms with E-state index in [4.69, 9.17) is 10.00 Å². The normalized spacial score (nSPS) is 11.7. The topological polar surface area (TPSA) is 33.0 Å². The molecule has 0 aliphatic heterocycles. The molecule has 1 atom stereocenters. The Bertz CT molecular complexity index is 862. The van der Waals surface area contributed by atoms with E-state index in [0.717, 1.165) is 11.1 Å². The first kappa shape index (κ1) is 17.2. The molecule has 0 aliphatic rings. The molecule has 0 aromatic heterocycles. The van der Waals surface area contributed by atoms with Crippen molar-refractivity contribution in [2.75, 3.05) is 7.11 Å². The van der Waals surface area contributed by atoms with Crippen LogP contribution in [0.5, 0.6) is 0 Å². The number of methoxy groups -OCH3 is 1. The van der Waals surface area contributed by atoms with E-state index in [1.54, 1.807) is 7.11 Å². The Morgan fingerprint density at radius 1 is 0.760 bits per heavy atom. The molecule has 0 heterocycles. The van der Waals surface area contributed by atoms with Gasteiger partial charge in [0.25, 0.3) is 0 Å². The summed E-state index contributed by atoms with van der Waals surface area (Å²) in [5.74, 6) is 0. The zero-order valence-corrected chi connectivity index (χ0v) is 15.4. The monoisotopic (exact) mass is 341 g/mol. The second-order valence-corrected chi connectivity index (χ2v) is 7.55. The molecule has 0 N–H and O–H groups in total. The van der Waals surface area contributed by atoms with Gasteiger partial charge in [0.2, 0.25) is 0 Å². The summed E-state index contributed by atoms with van der Waals surface area (Å²) in [6, 6.07) is 27.0. The molecule has 0 spiro atoms. The predicted octanol–water partition coefficient (Wildman–Crippen LogP) is 4.21. The van der Waals surface area contributed by atoms with Crippen molar-refractivity contribution in [3.05, 3.63) is 78.4 Å². The molecule has 0 aliphatic carbocycles. The van der Waals surface area contributed by atoms with E-state index in [2.05, 4.69) is 61.5 Å². The third kappa shape index (κ3) is 4.24. The summed E-state index contributed by atoms with van der Waals surface area (Å²) in [5.41, 5.74) is 5.63. The standard InChI is InChI=1S/C22H19NOSi/c1-16(24-2)25-22-13-11-21(12-14-22)20-9-7-19(8-10-20)18-5-3-17(15-23)4-6-18/h3-14,16H,1-2H3. The van der Waals surface area contributed by atoms with Crippen LogP contribution in [-0.4, -0.2) is 22.4 Å². The Balaban J connectivity index is 1.76. The van der Waals surface area contributed by atoms with E-state index in [1.165, 1.54) is 16.3 Å². The number of nitriles is 1. The van der Waals surface area contributed by atoms with Crippen LogP contribution < -0.4 is 5.19 Å². The molecule has 2 radical (unpaired) electrons. The van der Waals surface area contributed by atoms with E-state index in [-0.39, 0.29) is 5.73 Å². The summed E-state index contributed by atoms with van der Waals surface area (Å²) in [5, 5.41) is 10.2. The molecule has 0 saturated heterocycles. The first-order chi connectivity index (χ1) is 12.2. The molecule has 122 valence electrons. The summed E-state index contributed by atoms with van der Waals surface area (Å²) in [7, 11) is 2.42. The maximum Gasteiger partial charge on any atom is 0.118 e. The maximum atomic E-state index is 8.89. The number of rotatable bonds is 5. The number of nitrogens with zero attached hydrogens (tertiary/aromatic N) is 1. The molecule has 0 saturated carbocycles. The Morgan fingerprint density at radius 2 is 1.16 bits per heavy atom. The molecule has 3 aromatic carbocycles. The van der Waals surface area contributed by atoms with Gasteiger partial charge in [-0.25, -0.2) is 0 Å². The minimum Gasteiger partial charge on any atom is -0.385 e. The smallest absolute Gasteiger partial charge is 0.118 e. The number of ether oxygens (including phenoxy) is 1. The summed E-state index contributed by atoms with van der Waals surface area (Å²) in [4.78, 5) is 0. The van der Waals surface area contributed by atoms with Gasteiger partial charge < -0.3 is 4.74 Å². The average molecular weight is 341 g/mol. The van der Waals surface area contributed by atoms with Crippen LogP contribution >= 0.6 is 0 Å². The molecule has 0 bridgehead atoms. The predicted molar refractivity (Wildman–Crippen MR) is 104 cm³/mol. The molecule has 3 rings (SSSR count). The number of hydrogen-bond acceptors (Lipinski definition) is 2. The lowest BCUT2D eigenvalue weighted by Crippen LogP contribution is -2.26. The zero-order chi connectivity index (χ0) is 17.6. The molecule has 25 heavy (non-hydrogen) atoms. The summed E-state index contributed by atoms with van der Waals surface area (Å²) in [6.45, 7) is 2.09. The van der Waals surface area contributed by atoms with Crippen LogP contribution in [0.4, 0.5) is 0 Å². The minimum absolute atomic E-state index is 0.262. The van der Waals surface area contributed by atoms with Crippen molar-refractivity contribution in [1.29, 1.82) is 5.26 Å². The average Bonchev–Trinajstić information content (AvgIpc) is 2.69. The van der Waals surface area contributed by atoms with Crippen LogP contribution in [0.25, 0.3) is 22.3 Å². The molecule has 2 nitrogen and oxygen atoms in total. The lowest BCUT2D eigenvalue weighted by molar-refractivity contribution is 0.180. The van der Waals surface area contributed by atoms with E-state index < -0.39 is 0 Å². The molecular weight excluding hydrogens is 322 g/mol. The van der Waals surface area contributed by atoms with Crippen LogP contribution in [0.2, 0.25) is 0 Å². The highest BCUT2D eigenvalue weighted by Crippen LogP contribution is 2.24. The highest BCUT2D eigenvalue weighted by Gasteiger charge is 2.05. The first-order valence-corrected chi connectivity index (χ1v) is 9.28. The van der Waals surface area contributed by atoms with Crippen LogP contribution in [0.1, 0.15) is 12.5 Å². The van der Waals surface area contributed by atoms with Gasteiger partial charge in [-0.05, 0) is 41.3 Å². The SMILES string of the molecule is COC(C)[Si]c1ccc(-c2ccc(-c3ccc(C#N)cc3)cc2)cc1. The van der Waals surface area contributed by atoms with Crippen molar-refractivity contribution < 1.29 is 4.74 Å². The van der Waals surface area contributed by atoms with Crippen molar-refractivity contribution in [1.82, 2.24) is 0 Å². The summed E-state index contributed by atoms with van der Waals surface area (Å²) in [6.07, 6.45) is 0. The summed E-state index contributed by atoms with van der Waals surface area (Å²) >= 11 is 0. The quantitative estimate of drug-likeness (QED) is 0.651. The zero-order valence-electron chi connectivity index (χ0n) is 14.4. The number of benzene rings is 3. The fourth-order valence-electron chi connectivity index (χ4n) is 2.64. The van der Waals surface area contributed by atoms with Gasteiger partial charge in [-0.15, -0.1) is 0 Å². The molecule has 0 amide bonds. The van der Waals surface area contributed by atoms with Gasteiger partial charge >= 0.3 is 0 Å². The highest BCUT2D eigenvalue weighted by atomic mass is 28.2. The van der Waals surface area contributed by atoms with Crippen molar-refractivity contribution in [3.8, 4) is 28.3 Å². The Hall–Kier alpha value is -2.67. The Morgan fingerprint density at radius 3 is 1.56 bits per heavy atom. The Labute approximate surface area is 151 Å². The second-order valence-electron chi connectivity index (χ2n) is 5.87. The van der Waals surface area contributed by atoms with Crippen molar-refractivity contribution in [2.24, 2.45) is 0 Å². The molecule has 3 heteroatoms. The first-order valence-electron chi connectivity index (χ1n) is 8.20. The minimum atomic E-state index is 0.262. The van der Waals surface area contributed by atoms with Gasteiger partial charge in [-0.1, -0.05) is 65.9 Å². The van der Waals surface area contributed by atoms with E-state index >= 15 is 0 Å². The third-order valence-electron chi connectivity index (χ3n) is 4.17. The van der Waals surface area contributed by atoms with Crippen LogP contribution in [-0.2, 0) is 4.74 Å². The fourth-order valence-corrected chi connectivity index (χ4v) is 3.59. The van der Waals surface area contributed by atoms with Crippen molar-refractivity contribution >= 4 is 14.7 Å². The molecule has 1 unspecified atom stereocenters. The molecule has 3 aromatic rings. The van der Waals surface area contributed by atoms with Gasteiger partial charge in [-0.3, -0.25) is 0 Å². The highest BCUT2D eigenvalue weighted by molar-refractivity contribution is 6.54. The van der Waals surface area contributed by atoms with Crippen LogP contribution in [0.15, 0.2) is 72.8 Å². The van der Waals surface area contributed by atoms with Gasteiger partial charge in [-0.2, -0.15) is 5.26 Å². The van der Waals surface area contributed by atoms with Crippen molar-refractivity contribution in [2.45, 2.75) is 12.7 Å². The van der Waals surface area contributed by atoms with Gasteiger partial charge in [0.1, 0.15) is 9.52 Å². The van der Waals surface area contributed by atoms with E-state index in [1.807, 2.05) is 24.3 Å². The number of hydrogen-bond donors (Lipinski definition) is 0. The Kier molecular flexibility index (Phi) is 5.45. The van der Waals surface area contributed by atoms with Crippen LogP contribution in [0, 0.1) is 11.3 Å². The lowest BCUT2D eigenvalue weighted by atomic mass is 10.00. The van der Waals surface area contributed by atoms with Gasteiger partial charge in [0, 0.05) is 12.8 Å². The maximum absolute atomic E-state index is 8.89. The third-order valence-corrected chi connectivity index (χ3v) is 5.48. The van der Waals surface area contributed by atoms with E-state index in [0.29, 0.717) is 15.1 Å². The molecular formula is C22H19NOSi.